The van der Waals surface area contributed by atoms with E-state index in [-0.39, 0.29) is 11.7 Å². The van der Waals surface area contributed by atoms with Gasteiger partial charge < -0.3 is 14.8 Å². The third-order valence-corrected chi connectivity index (χ3v) is 2.71. The van der Waals surface area contributed by atoms with Crippen molar-refractivity contribution in [3.63, 3.8) is 0 Å². The van der Waals surface area contributed by atoms with Crippen LogP contribution in [0.25, 0.3) is 0 Å². The van der Waals surface area contributed by atoms with Gasteiger partial charge in [0.2, 0.25) is 5.91 Å². The van der Waals surface area contributed by atoms with Crippen molar-refractivity contribution >= 4 is 17.6 Å². The normalized spacial score (nSPS) is 9.81. The number of methoxy groups -OCH3 is 1. The van der Waals surface area contributed by atoms with Crippen LogP contribution in [0.1, 0.15) is 17.3 Å². The van der Waals surface area contributed by atoms with Crippen molar-refractivity contribution in [3.8, 4) is 11.5 Å². The summed E-state index contributed by atoms with van der Waals surface area (Å²) < 4.78 is 10.4. The first-order valence-electron chi connectivity index (χ1n) is 6.33. The number of esters is 1. The Balaban J connectivity index is 2.28. The molecule has 0 aromatic heterocycles. The number of rotatable bonds is 4. The second kappa shape index (κ2) is 6.56. The molecule has 0 unspecified atom stereocenters. The van der Waals surface area contributed by atoms with E-state index in [0.717, 1.165) is 0 Å². The van der Waals surface area contributed by atoms with Crippen molar-refractivity contribution in [3.05, 3.63) is 54.1 Å². The standard InChI is InChI=1S/C16H15NO4/c1-11(18)17-14-9-8-13(20-2)10-15(14)21-16(19)12-6-4-3-5-7-12/h3-10H,1-2H3,(H,17,18). The number of carbonyl (C=O) groups is 2. The molecule has 0 bridgehead atoms. The summed E-state index contributed by atoms with van der Waals surface area (Å²) in [7, 11) is 1.51. The maximum absolute atomic E-state index is 12.1. The van der Waals surface area contributed by atoms with Gasteiger partial charge in [-0.25, -0.2) is 4.79 Å². The Kier molecular flexibility index (Phi) is 4.56. The van der Waals surface area contributed by atoms with Crippen LogP contribution in [0.4, 0.5) is 5.69 Å². The SMILES string of the molecule is COc1ccc(NC(C)=O)c(OC(=O)c2ccccc2)c1. The van der Waals surface area contributed by atoms with Crippen molar-refractivity contribution < 1.29 is 19.1 Å². The van der Waals surface area contributed by atoms with Crippen LogP contribution in [0.3, 0.4) is 0 Å². The van der Waals surface area contributed by atoms with Gasteiger partial charge in [0.15, 0.2) is 5.75 Å². The number of anilines is 1. The first kappa shape index (κ1) is 14.6. The topological polar surface area (TPSA) is 64.6 Å². The van der Waals surface area contributed by atoms with E-state index in [9.17, 15) is 9.59 Å². The molecule has 5 nitrogen and oxygen atoms in total. The second-order valence-electron chi connectivity index (χ2n) is 4.30. The molecule has 0 saturated heterocycles. The quantitative estimate of drug-likeness (QED) is 0.693. The van der Waals surface area contributed by atoms with Gasteiger partial charge in [0.05, 0.1) is 18.4 Å². The number of ether oxygens (including phenoxy) is 2. The predicted octanol–water partition coefficient (Wildman–Crippen LogP) is 2.87. The average Bonchev–Trinajstić information content (AvgIpc) is 2.49. The summed E-state index contributed by atoms with van der Waals surface area (Å²) in [6.45, 7) is 1.38. The van der Waals surface area contributed by atoms with Gasteiger partial charge in [-0.2, -0.15) is 0 Å². The van der Waals surface area contributed by atoms with Crippen LogP contribution in [0.5, 0.6) is 11.5 Å². The summed E-state index contributed by atoms with van der Waals surface area (Å²) in [4.78, 5) is 23.3. The lowest BCUT2D eigenvalue weighted by atomic mass is 10.2. The molecule has 0 aliphatic rings. The molecule has 0 fully saturated rings. The predicted molar refractivity (Wildman–Crippen MR) is 78.7 cm³/mol. The molecule has 0 heterocycles. The summed E-state index contributed by atoms with van der Waals surface area (Å²) in [5.74, 6) is 0.00555. The lowest BCUT2D eigenvalue weighted by Gasteiger charge is -2.12. The minimum atomic E-state index is -0.504. The lowest BCUT2D eigenvalue weighted by molar-refractivity contribution is -0.114. The van der Waals surface area contributed by atoms with Crippen LogP contribution in [-0.4, -0.2) is 19.0 Å². The largest absolute Gasteiger partial charge is 0.497 e. The van der Waals surface area contributed by atoms with Gasteiger partial charge in [0, 0.05) is 13.0 Å². The molecule has 1 amide bonds. The average molecular weight is 285 g/mol. The van der Waals surface area contributed by atoms with Crippen molar-refractivity contribution in [1.29, 1.82) is 0 Å². The number of nitrogens with one attached hydrogen (secondary N) is 1. The number of hydrogen-bond acceptors (Lipinski definition) is 4. The number of carbonyl (C=O) groups excluding carboxylic acids is 2. The first-order chi connectivity index (χ1) is 10.1. The minimum absolute atomic E-state index is 0.235. The molecule has 2 rings (SSSR count). The molecular weight excluding hydrogens is 270 g/mol. The number of hydrogen-bond donors (Lipinski definition) is 1. The zero-order valence-corrected chi connectivity index (χ0v) is 11.8. The van der Waals surface area contributed by atoms with Crippen molar-refractivity contribution in [2.45, 2.75) is 6.92 Å². The van der Waals surface area contributed by atoms with Crippen LogP contribution in [0.15, 0.2) is 48.5 Å². The highest BCUT2D eigenvalue weighted by atomic mass is 16.5. The summed E-state index contributed by atoms with van der Waals surface area (Å²) in [5.41, 5.74) is 0.835. The van der Waals surface area contributed by atoms with E-state index in [1.165, 1.54) is 14.0 Å². The summed E-state index contributed by atoms with van der Waals surface area (Å²) in [5, 5.41) is 2.61. The molecular formula is C16H15NO4. The maximum atomic E-state index is 12.1. The zero-order chi connectivity index (χ0) is 15.2. The molecule has 0 saturated carbocycles. The third kappa shape index (κ3) is 3.82. The first-order valence-corrected chi connectivity index (χ1v) is 6.33. The molecule has 0 aliphatic heterocycles. The third-order valence-electron chi connectivity index (χ3n) is 2.71. The highest BCUT2D eigenvalue weighted by Gasteiger charge is 2.13. The van der Waals surface area contributed by atoms with Crippen LogP contribution in [0, 0.1) is 0 Å². The molecule has 108 valence electrons. The Hall–Kier alpha value is -2.82. The monoisotopic (exact) mass is 285 g/mol. The van der Waals surface area contributed by atoms with Gasteiger partial charge in [0.1, 0.15) is 5.75 Å². The van der Waals surface area contributed by atoms with Crippen molar-refractivity contribution in [2.75, 3.05) is 12.4 Å². The smallest absolute Gasteiger partial charge is 0.343 e. The van der Waals surface area contributed by atoms with E-state index in [2.05, 4.69) is 5.32 Å². The second-order valence-corrected chi connectivity index (χ2v) is 4.30. The molecule has 0 spiro atoms. The number of benzene rings is 2. The number of amides is 1. The van der Waals surface area contributed by atoms with Gasteiger partial charge in [-0.1, -0.05) is 18.2 Å². The molecule has 21 heavy (non-hydrogen) atoms. The Labute approximate surface area is 122 Å². The summed E-state index contributed by atoms with van der Waals surface area (Å²) >= 11 is 0. The van der Waals surface area contributed by atoms with Gasteiger partial charge in [0.25, 0.3) is 0 Å². The van der Waals surface area contributed by atoms with Crippen LogP contribution >= 0.6 is 0 Å². The van der Waals surface area contributed by atoms with E-state index in [1.807, 2.05) is 6.07 Å². The van der Waals surface area contributed by atoms with Crippen LogP contribution in [-0.2, 0) is 4.79 Å². The van der Waals surface area contributed by atoms with E-state index >= 15 is 0 Å². The molecule has 0 aliphatic carbocycles. The molecule has 0 radical (unpaired) electrons. The Morgan fingerprint density at radius 1 is 1.05 bits per heavy atom. The van der Waals surface area contributed by atoms with Crippen LogP contribution in [0.2, 0.25) is 0 Å². The maximum Gasteiger partial charge on any atom is 0.343 e. The Morgan fingerprint density at radius 3 is 2.38 bits per heavy atom. The van der Waals surface area contributed by atoms with Gasteiger partial charge in [-0.05, 0) is 24.3 Å². The van der Waals surface area contributed by atoms with Crippen molar-refractivity contribution in [1.82, 2.24) is 0 Å². The molecule has 2 aromatic carbocycles. The van der Waals surface area contributed by atoms with Gasteiger partial charge >= 0.3 is 5.97 Å². The fourth-order valence-electron chi connectivity index (χ4n) is 1.74. The Morgan fingerprint density at radius 2 is 1.76 bits per heavy atom. The summed E-state index contributed by atoms with van der Waals surface area (Å²) in [6, 6.07) is 13.4. The molecule has 2 aromatic rings. The van der Waals surface area contributed by atoms with E-state index in [0.29, 0.717) is 17.0 Å². The fourth-order valence-corrected chi connectivity index (χ4v) is 1.74. The van der Waals surface area contributed by atoms with E-state index in [1.54, 1.807) is 42.5 Å². The lowest BCUT2D eigenvalue weighted by Crippen LogP contribution is -2.12. The van der Waals surface area contributed by atoms with Crippen LogP contribution < -0.4 is 14.8 Å². The molecule has 1 N–H and O–H groups in total. The fraction of sp³-hybridized carbons (Fsp3) is 0.125. The highest BCUT2D eigenvalue weighted by Crippen LogP contribution is 2.30. The van der Waals surface area contributed by atoms with E-state index < -0.39 is 5.97 Å². The van der Waals surface area contributed by atoms with E-state index in [4.69, 9.17) is 9.47 Å². The minimum Gasteiger partial charge on any atom is -0.497 e. The zero-order valence-electron chi connectivity index (χ0n) is 11.8. The van der Waals surface area contributed by atoms with Gasteiger partial charge in [-0.3, -0.25) is 4.79 Å². The van der Waals surface area contributed by atoms with Crippen molar-refractivity contribution in [2.24, 2.45) is 0 Å². The molecule has 5 heteroatoms. The molecule has 0 atom stereocenters. The van der Waals surface area contributed by atoms with Gasteiger partial charge in [-0.15, -0.1) is 0 Å². The highest BCUT2D eigenvalue weighted by molar-refractivity contribution is 5.94. The summed E-state index contributed by atoms with van der Waals surface area (Å²) in [6.07, 6.45) is 0. The Bertz CT molecular complexity index is 653.